The molecule has 0 aliphatic carbocycles. The van der Waals surface area contributed by atoms with Crippen LogP contribution in [0.25, 0.3) is 0 Å². The van der Waals surface area contributed by atoms with Crippen LogP contribution in [0, 0.1) is 6.92 Å². The minimum atomic E-state index is 0.666. The van der Waals surface area contributed by atoms with Gasteiger partial charge in [0.15, 0.2) is 0 Å². The largest absolute Gasteiger partial charge is 0.370 e. The summed E-state index contributed by atoms with van der Waals surface area (Å²) >= 11 is 1.91. The molecule has 2 heterocycles. The molecule has 2 aliphatic rings. The quantitative estimate of drug-likeness (QED) is 0.684. The topological polar surface area (TPSA) is 6.48 Å². The van der Waals surface area contributed by atoms with E-state index in [4.69, 9.17) is 0 Å². The molecule has 1 saturated heterocycles. The zero-order chi connectivity index (χ0) is 18.1. The summed E-state index contributed by atoms with van der Waals surface area (Å²) in [6.07, 6.45) is 3.90. The molecule has 1 fully saturated rings. The highest BCUT2D eigenvalue weighted by molar-refractivity contribution is 7.99. The summed E-state index contributed by atoms with van der Waals surface area (Å²) in [5.41, 5.74) is 4.36. The summed E-state index contributed by atoms with van der Waals surface area (Å²) in [6, 6.07) is 16.5. The predicted octanol–water partition coefficient (Wildman–Crippen LogP) is 5.55. The monoisotopic (exact) mass is 366 g/mol. The van der Waals surface area contributed by atoms with E-state index in [2.05, 4.69) is 73.2 Å². The maximum Gasteiger partial charge on any atom is 0.0544 e. The van der Waals surface area contributed by atoms with Crippen molar-refractivity contribution in [3.05, 3.63) is 53.6 Å². The number of para-hydroxylation sites is 1. The average molecular weight is 367 g/mol. The first-order valence-electron chi connectivity index (χ1n) is 10.00. The average Bonchev–Trinajstić information content (AvgIpc) is 2.95. The fraction of sp³-hybridized carbons (Fsp3) is 0.478. The second kappa shape index (κ2) is 7.66. The SMILES string of the molecule is CCCCN1CC[C@H]2C(C1)c1cccc(Sc3ccc(C)cc3)c1N2C. The van der Waals surface area contributed by atoms with Crippen LogP contribution in [0.1, 0.15) is 43.2 Å². The van der Waals surface area contributed by atoms with Gasteiger partial charge in [-0.3, -0.25) is 0 Å². The molecule has 0 N–H and O–H groups in total. The first kappa shape index (κ1) is 17.9. The summed E-state index contributed by atoms with van der Waals surface area (Å²) in [6.45, 7) is 8.18. The lowest BCUT2D eigenvalue weighted by Gasteiger charge is -2.37. The van der Waals surface area contributed by atoms with E-state index < -0.39 is 0 Å². The number of likely N-dealkylation sites (N-methyl/N-ethyl adjacent to an activating group) is 1. The zero-order valence-corrected chi connectivity index (χ0v) is 17.1. The molecule has 2 atom stereocenters. The molecule has 0 bridgehead atoms. The lowest BCUT2D eigenvalue weighted by molar-refractivity contribution is 0.193. The second-order valence-corrected chi connectivity index (χ2v) is 8.95. The fourth-order valence-electron chi connectivity index (χ4n) is 4.56. The van der Waals surface area contributed by atoms with E-state index in [9.17, 15) is 0 Å². The number of nitrogens with zero attached hydrogens (tertiary/aromatic N) is 2. The number of hydrogen-bond donors (Lipinski definition) is 0. The summed E-state index contributed by atoms with van der Waals surface area (Å²) in [5, 5.41) is 0. The Hall–Kier alpha value is -1.45. The molecule has 2 aromatic carbocycles. The number of unbranched alkanes of at least 4 members (excludes halogenated alkanes) is 1. The van der Waals surface area contributed by atoms with Crippen molar-refractivity contribution in [3.63, 3.8) is 0 Å². The van der Waals surface area contributed by atoms with Crippen molar-refractivity contribution >= 4 is 17.4 Å². The van der Waals surface area contributed by atoms with Crippen LogP contribution in [-0.2, 0) is 0 Å². The number of aryl methyl sites for hydroxylation is 1. The molecule has 0 radical (unpaired) electrons. The first-order chi connectivity index (χ1) is 12.7. The number of benzene rings is 2. The van der Waals surface area contributed by atoms with Gasteiger partial charge in [-0.25, -0.2) is 0 Å². The Morgan fingerprint density at radius 1 is 1.12 bits per heavy atom. The van der Waals surface area contributed by atoms with Gasteiger partial charge >= 0.3 is 0 Å². The minimum absolute atomic E-state index is 0.666. The van der Waals surface area contributed by atoms with Gasteiger partial charge < -0.3 is 9.80 Å². The molecule has 0 aromatic heterocycles. The highest BCUT2D eigenvalue weighted by atomic mass is 32.2. The van der Waals surface area contributed by atoms with Crippen molar-refractivity contribution in [2.24, 2.45) is 0 Å². The molecule has 2 aliphatic heterocycles. The van der Waals surface area contributed by atoms with Crippen LogP contribution < -0.4 is 4.90 Å². The maximum absolute atomic E-state index is 2.69. The first-order valence-corrected chi connectivity index (χ1v) is 10.8. The summed E-state index contributed by atoms with van der Waals surface area (Å²) in [7, 11) is 2.31. The zero-order valence-electron chi connectivity index (χ0n) is 16.2. The van der Waals surface area contributed by atoms with E-state index in [-0.39, 0.29) is 0 Å². The van der Waals surface area contributed by atoms with Crippen LogP contribution >= 0.6 is 11.8 Å². The lowest BCUT2D eigenvalue weighted by atomic mass is 9.89. The summed E-state index contributed by atoms with van der Waals surface area (Å²) < 4.78 is 0. The highest BCUT2D eigenvalue weighted by Gasteiger charge is 2.41. The molecule has 4 rings (SSSR count). The Labute approximate surface area is 162 Å². The number of likely N-dealkylation sites (tertiary alicyclic amines) is 1. The highest BCUT2D eigenvalue weighted by Crippen LogP contribution is 2.49. The Kier molecular flexibility index (Phi) is 5.28. The molecule has 1 unspecified atom stereocenters. The molecule has 26 heavy (non-hydrogen) atoms. The van der Waals surface area contributed by atoms with Crippen LogP contribution in [0.4, 0.5) is 5.69 Å². The molecule has 138 valence electrons. The Bertz CT molecular complexity index is 755. The van der Waals surface area contributed by atoms with Gasteiger partial charge in [0, 0.05) is 41.9 Å². The standard InChI is InChI=1S/C23H30N2S/c1-4-5-14-25-15-13-21-20(16-25)19-7-6-8-22(23(19)24(21)3)26-18-11-9-17(2)10-12-18/h6-12,20-21H,4-5,13-16H2,1-3H3/t20?,21-/m0/s1. The maximum atomic E-state index is 2.69. The normalized spacial score (nSPS) is 22.3. The number of anilines is 1. The molecule has 3 heteroatoms. The third-order valence-corrected chi connectivity index (χ3v) is 7.07. The Balaban J connectivity index is 1.60. The molecular weight excluding hydrogens is 336 g/mol. The van der Waals surface area contributed by atoms with E-state index >= 15 is 0 Å². The minimum Gasteiger partial charge on any atom is -0.370 e. The van der Waals surface area contributed by atoms with Crippen molar-refractivity contribution < 1.29 is 0 Å². The number of rotatable bonds is 5. The van der Waals surface area contributed by atoms with E-state index in [1.165, 1.54) is 59.9 Å². The van der Waals surface area contributed by atoms with Gasteiger partial charge in [0.25, 0.3) is 0 Å². The predicted molar refractivity (Wildman–Crippen MR) is 113 cm³/mol. The van der Waals surface area contributed by atoms with Crippen LogP contribution in [0.2, 0.25) is 0 Å². The van der Waals surface area contributed by atoms with Gasteiger partial charge in [-0.1, -0.05) is 54.9 Å². The van der Waals surface area contributed by atoms with Gasteiger partial charge in [0.05, 0.1) is 5.69 Å². The third-order valence-electron chi connectivity index (χ3n) is 6.02. The van der Waals surface area contributed by atoms with Gasteiger partial charge in [0.2, 0.25) is 0 Å². The van der Waals surface area contributed by atoms with Gasteiger partial charge in [-0.2, -0.15) is 0 Å². The molecule has 0 spiro atoms. The van der Waals surface area contributed by atoms with E-state index in [0.29, 0.717) is 12.0 Å². The van der Waals surface area contributed by atoms with E-state index in [1.807, 2.05) is 11.8 Å². The van der Waals surface area contributed by atoms with Crippen molar-refractivity contribution in [2.45, 2.75) is 54.9 Å². The lowest BCUT2D eigenvalue weighted by Crippen LogP contribution is -2.45. The van der Waals surface area contributed by atoms with Crippen LogP contribution in [0.3, 0.4) is 0 Å². The van der Waals surface area contributed by atoms with Crippen LogP contribution in [0.5, 0.6) is 0 Å². The smallest absolute Gasteiger partial charge is 0.0544 e. The summed E-state index contributed by atoms with van der Waals surface area (Å²) in [5.74, 6) is 0.666. The van der Waals surface area contributed by atoms with Gasteiger partial charge in [-0.15, -0.1) is 0 Å². The number of fused-ring (bicyclic) bond motifs is 3. The van der Waals surface area contributed by atoms with Gasteiger partial charge in [0.1, 0.15) is 0 Å². The number of hydrogen-bond acceptors (Lipinski definition) is 3. The Morgan fingerprint density at radius 2 is 1.92 bits per heavy atom. The molecule has 0 saturated carbocycles. The van der Waals surface area contributed by atoms with Gasteiger partial charge in [-0.05, 0) is 50.1 Å². The third kappa shape index (κ3) is 3.39. The molecule has 0 amide bonds. The fourth-order valence-corrected chi connectivity index (χ4v) is 5.59. The second-order valence-electron chi connectivity index (χ2n) is 7.84. The van der Waals surface area contributed by atoms with E-state index in [1.54, 1.807) is 5.56 Å². The number of piperidine rings is 1. The van der Waals surface area contributed by atoms with Crippen molar-refractivity contribution in [1.29, 1.82) is 0 Å². The van der Waals surface area contributed by atoms with Crippen molar-refractivity contribution in [2.75, 3.05) is 31.6 Å². The van der Waals surface area contributed by atoms with Crippen LogP contribution in [-0.4, -0.2) is 37.6 Å². The van der Waals surface area contributed by atoms with Crippen molar-refractivity contribution in [3.8, 4) is 0 Å². The molecular formula is C23H30N2S. The molecule has 2 aromatic rings. The Morgan fingerprint density at radius 3 is 2.69 bits per heavy atom. The van der Waals surface area contributed by atoms with Crippen molar-refractivity contribution in [1.82, 2.24) is 4.90 Å². The molecule has 2 nitrogen and oxygen atoms in total. The summed E-state index contributed by atoms with van der Waals surface area (Å²) in [4.78, 5) is 8.00. The van der Waals surface area contributed by atoms with Crippen LogP contribution in [0.15, 0.2) is 52.3 Å². The van der Waals surface area contributed by atoms with E-state index in [0.717, 1.165) is 0 Å².